The smallest absolute Gasteiger partial charge is 0.255 e. The number of thiocarbonyl (C=S) groups is 1. The van der Waals surface area contributed by atoms with E-state index in [-0.39, 0.29) is 10.9 Å². The molecule has 0 heterocycles. The number of carbonyl (C=O) groups excluding carboxylic acids is 1. The highest BCUT2D eigenvalue weighted by Gasteiger charge is 2.14. The third-order valence-electron chi connectivity index (χ3n) is 3.20. The van der Waals surface area contributed by atoms with Crippen LogP contribution in [0.3, 0.4) is 0 Å². The maximum Gasteiger partial charge on any atom is 0.255 e. The largest absolute Gasteiger partial charge is 0.389 e. The molecule has 21 heavy (non-hydrogen) atoms. The van der Waals surface area contributed by atoms with Crippen LogP contribution in [-0.4, -0.2) is 10.9 Å². The Morgan fingerprint density at radius 1 is 1.19 bits per heavy atom. The Hall–Kier alpha value is -1.72. The summed E-state index contributed by atoms with van der Waals surface area (Å²) in [5.74, 6) is -0.178. The molecular weight excluding hydrogens is 348 g/mol. The summed E-state index contributed by atoms with van der Waals surface area (Å²) >= 11 is 8.46. The van der Waals surface area contributed by atoms with Crippen LogP contribution in [0, 0.1) is 13.8 Å². The van der Waals surface area contributed by atoms with E-state index in [1.807, 2.05) is 38.1 Å². The second-order valence-electron chi connectivity index (χ2n) is 4.78. The third kappa shape index (κ3) is 3.49. The average molecular weight is 363 g/mol. The maximum absolute atomic E-state index is 12.4. The molecule has 2 aromatic carbocycles. The van der Waals surface area contributed by atoms with Crippen molar-refractivity contribution in [3.63, 3.8) is 0 Å². The first kappa shape index (κ1) is 15.7. The minimum Gasteiger partial charge on any atom is -0.389 e. The van der Waals surface area contributed by atoms with E-state index in [0.29, 0.717) is 16.8 Å². The summed E-state index contributed by atoms with van der Waals surface area (Å²) in [6.07, 6.45) is 0. The summed E-state index contributed by atoms with van der Waals surface area (Å²) in [6.45, 7) is 3.80. The topological polar surface area (TPSA) is 55.1 Å². The molecule has 3 nitrogen and oxygen atoms in total. The van der Waals surface area contributed by atoms with Gasteiger partial charge in [0.1, 0.15) is 4.99 Å². The van der Waals surface area contributed by atoms with E-state index in [1.165, 1.54) is 0 Å². The standard InChI is InChI=1S/C16H15BrN2OS/c1-9-4-3-5-13(14(9)15(18)21)19-16(20)12-7-6-11(17)8-10(12)2/h3-8H,1-2H3,(H2,18,21)(H,19,20). The number of amides is 1. The Morgan fingerprint density at radius 2 is 1.90 bits per heavy atom. The first-order valence-electron chi connectivity index (χ1n) is 6.37. The van der Waals surface area contributed by atoms with Crippen molar-refractivity contribution in [1.29, 1.82) is 0 Å². The molecule has 5 heteroatoms. The van der Waals surface area contributed by atoms with Gasteiger partial charge >= 0.3 is 0 Å². The Kier molecular flexibility index (Phi) is 4.75. The number of benzene rings is 2. The van der Waals surface area contributed by atoms with Crippen molar-refractivity contribution in [2.24, 2.45) is 5.73 Å². The van der Waals surface area contributed by atoms with E-state index in [4.69, 9.17) is 18.0 Å². The molecule has 108 valence electrons. The summed E-state index contributed by atoms with van der Waals surface area (Å²) in [4.78, 5) is 12.7. The molecule has 0 saturated carbocycles. The molecule has 0 fully saturated rings. The van der Waals surface area contributed by atoms with Crippen LogP contribution in [0.5, 0.6) is 0 Å². The summed E-state index contributed by atoms with van der Waals surface area (Å²) in [5, 5.41) is 2.89. The number of hydrogen-bond acceptors (Lipinski definition) is 2. The molecule has 0 spiro atoms. The van der Waals surface area contributed by atoms with Crippen molar-refractivity contribution in [1.82, 2.24) is 0 Å². The van der Waals surface area contributed by atoms with Crippen LogP contribution in [0.1, 0.15) is 27.0 Å². The zero-order valence-electron chi connectivity index (χ0n) is 11.7. The fraction of sp³-hybridized carbons (Fsp3) is 0.125. The highest BCUT2D eigenvalue weighted by molar-refractivity contribution is 9.10. The van der Waals surface area contributed by atoms with Crippen molar-refractivity contribution in [2.75, 3.05) is 5.32 Å². The lowest BCUT2D eigenvalue weighted by molar-refractivity contribution is 0.102. The predicted molar refractivity (Wildman–Crippen MR) is 93.9 cm³/mol. The molecule has 0 aliphatic heterocycles. The van der Waals surface area contributed by atoms with E-state index in [1.54, 1.807) is 12.1 Å². The van der Waals surface area contributed by atoms with E-state index in [2.05, 4.69) is 21.2 Å². The monoisotopic (exact) mass is 362 g/mol. The zero-order chi connectivity index (χ0) is 15.6. The normalized spacial score (nSPS) is 10.2. The van der Waals surface area contributed by atoms with Crippen molar-refractivity contribution in [2.45, 2.75) is 13.8 Å². The van der Waals surface area contributed by atoms with Crippen LogP contribution >= 0.6 is 28.1 Å². The molecule has 0 bridgehead atoms. The molecule has 2 aromatic rings. The number of anilines is 1. The van der Waals surface area contributed by atoms with Crippen LogP contribution in [0.15, 0.2) is 40.9 Å². The summed E-state index contributed by atoms with van der Waals surface area (Å²) in [7, 11) is 0. The van der Waals surface area contributed by atoms with Gasteiger partial charge in [-0.05, 0) is 49.2 Å². The van der Waals surface area contributed by atoms with Crippen molar-refractivity contribution >= 4 is 44.7 Å². The van der Waals surface area contributed by atoms with Crippen LogP contribution in [-0.2, 0) is 0 Å². The second kappa shape index (κ2) is 6.37. The molecule has 2 rings (SSSR count). The van der Waals surface area contributed by atoms with E-state index in [9.17, 15) is 4.79 Å². The number of nitrogens with two attached hydrogens (primary N) is 1. The Bertz CT molecular complexity index is 728. The Labute approximate surface area is 137 Å². The van der Waals surface area contributed by atoms with E-state index >= 15 is 0 Å². The van der Waals surface area contributed by atoms with Crippen molar-refractivity contribution in [3.8, 4) is 0 Å². The van der Waals surface area contributed by atoms with Gasteiger partial charge in [-0.1, -0.05) is 40.3 Å². The molecule has 1 amide bonds. The number of halogens is 1. The molecule has 0 radical (unpaired) electrons. The highest BCUT2D eigenvalue weighted by atomic mass is 79.9. The van der Waals surface area contributed by atoms with Crippen molar-refractivity contribution < 1.29 is 4.79 Å². The van der Waals surface area contributed by atoms with Gasteiger partial charge < -0.3 is 11.1 Å². The molecule has 0 aromatic heterocycles. The number of nitrogens with one attached hydrogen (secondary N) is 1. The van der Waals surface area contributed by atoms with Gasteiger partial charge in [-0.15, -0.1) is 0 Å². The number of aryl methyl sites for hydroxylation is 2. The molecule has 0 saturated heterocycles. The quantitative estimate of drug-likeness (QED) is 0.812. The predicted octanol–water partition coefficient (Wildman–Crippen LogP) is 3.95. The van der Waals surface area contributed by atoms with Gasteiger partial charge in [-0.3, -0.25) is 4.79 Å². The first-order valence-corrected chi connectivity index (χ1v) is 7.57. The van der Waals surface area contributed by atoms with Gasteiger partial charge in [0.15, 0.2) is 0 Å². The van der Waals surface area contributed by atoms with Gasteiger partial charge in [0.05, 0.1) is 5.69 Å². The first-order chi connectivity index (χ1) is 9.90. The lowest BCUT2D eigenvalue weighted by atomic mass is 10.0. The second-order valence-corrected chi connectivity index (χ2v) is 6.13. The maximum atomic E-state index is 12.4. The van der Waals surface area contributed by atoms with Gasteiger partial charge in [0.25, 0.3) is 5.91 Å². The van der Waals surface area contributed by atoms with Crippen LogP contribution < -0.4 is 11.1 Å². The number of hydrogen-bond donors (Lipinski definition) is 2. The number of carbonyl (C=O) groups is 1. The zero-order valence-corrected chi connectivity index (χ0v) is 14.1. The van der Waals surface area contributed by atoms with Gasteiger partial charge in [-0.25, -0.2) is 0 Å². The van der Waals surface area contributed by atoms with Crippen molar-refractivity contribution in [3.05, 3.63) is 63.1 Å². The fourth-order valence-corrected chi connectivity index (χ4v) is 2.92. The molecule has 3 N–H and O–H groups in total. The van der Waals surface area contributed by atoms with Gasteiger partial charge in [0.2, 0.25) is 0 Å². The Morgan fingerprint density at radius 3 is 2.52 bits per heavy atom. The van der Waals surface area contributed by atoms with Crippen LogP contribution in [0.25, 0.3) is 0 Å². The minimum absolute atomic E-state index is 0.178. The van der Waals surface area contributed by atoms with E-state index in [0.717, 1.165) is 15.6 Å². The molecular formula is C16H15BrN2OS. The Balaban J connectivity index is 2.36. The van der Waals surface area contributed by atoms with Gasteiger partial charge in [0, 0.05) is 15.6 Å². The third-order valence-corrected chi connectivity index (χ3v) is 3.90. The van der Waals surface area contributed by atoms with Gasteiger partial charge in [-0.2, -0.15) is 0 Å². The fourth-order valence-electron chi connectivity index (χ4n) is 2.17. The summed E-state index contributed by atoms with van der Waals surface area (Å²) in [5.41, 5.74) is 9.54. The SMILES string of the molecule is Cc1cc(Br)ccc1C(=O)Nc1cccc(C)c1C(N)=S. The summed E-state index contributed by atoms with van der Waals surface area (Å²) in [6, 6.07) is 11.1. The van der Waals surface area contributed by atoms with E-state index < -0.39 is 0 Å². The summed E-state index contributed by atoms with van der Waals surface area (Å²) < 4.78 is 0.941. The van der Waals surface area contributed by atoms with Crippen LogP contribution in [0.4, 0.5) is 5.69 Å². The lowest BCUT2D eigenvalue weighted by Gasteiger charge is -2.13. The molecule has 0 aliphatic carbocycles. The number of rotatable bonds is 3. The molecule has 0 aliphatic rings. The minimum atomic E-state index is -0.178. The lowest BCUT2D eigenvalue weighted by Crippen LogP contribution is -2.19. The highest BCUT2D eigenvalue weighted by Crippen LogP contribution is 2.22. The average Bonchev–Trinajstić information content (AvgIpc) is 2.37. The molecule has 0 atom stereocenters. The van der Waals surface area contributed by atoms with Crippen LogP contribution in [0.2, 0.25) is 0 Å². The molecule has 0 unspecified atom stereocenters.